The van der Waals surface area contributed by atoms with E-state index in [1.807, 2.05) is 43.5 Å². The van der Waals surface area contributed by atoms with Gasteiger partial charge in [0.05, 0.1) is 37.7 Å². The summed E-state index contributed by atoms with van der Waals surface area (Å²) < 4.78 is 5.46. The maximum Gasteiger partial charge on any atom is 0.234 e. The van der Waals surface area contributed by atoms with Crippen LogP contribution in [0.15, 0.2) is 46.4 Å². The minimum Gasteiger partial charge on any atom is -0.507 e. The van der Waals surface area contributed by atoms with Crippen LogP contribution in [0, 0.1) is 31.6 Å². The summed E-state index contributed by atoms with van der Waals surface area (Å²) in [6.07, 6.45) is 4.49. The number of phenols is 1. The number of phenolic OH excluding ortho intramolecular Hbond substituents is 1. The van der Waals surface area contributed by atoms with Crippen LogP contribution in [-0.2, 0) is 20.9 Å². The van der Waals surface area contributed by atoms with Crippen LogP contribution in [0.1, 0.15) is 60.6 Å². The Kier molecular flexibility index (Phi) is 10.0. The van der Waals surface area contributed by atoms with E-state index in [4.69, 9.17) is 4.74 Å². The monoisotopic (exact) mass is 567 g/mol. The first kappa shape index (κ1) is 30.2. The molecule has 1 aliphatic carbocycles. The Morgan fingerprint density at radius 1 is 1.20 bits per heavy atom. The van der Waals surface area contributed by atoms with Crippen LogP contribution >= 0.6 is 11.3 Å². The molecule has 1 saturated heterocycles. The molecule has 0 unspecified atom stereocenters. The van der Waals surface area contributed by atoms with Gasteiger partial charge >= 0.3 is 0 Å². The molecule has 1 aliphatic heterocycles. The Morgan fingerprint density at radius 3 is 2.52 bits per heavy atom. The second-order valence-electron chi connectivity index (χ2n) is 11.1. The predicted molar refractivity (Wildman–Crippen MR) is 157 cm³/mol. The standard InChI is InChI=1S/C32H41NO6S/c1-5-7-21(14-22-12-19(2)30(36)20(3)13-22)9-10-27(35)28-23(18-39-4)15-25-29(26(28)17-34)32(38)33(31(25)37)16-24-8-6-11-40-24/h6,8,11-14,25-27,29,34-36H,5,7,9-10,15-18H2,1-4H3/b21-14+/t25-,26+,27-,29-/m1/s1. The highest BCUT2D eigenvalue weighted by atomic mass is 32.1. The Morgan fingerprint density at radius 2 is 1.93 bits per heavy atom. The lowest BCUT2D eigenvalue weighted by Gasteiger charge is -2.36. The van der Waals surface area contributed by atoms with Crippen molar-refractivity contribution >= 4 is 29.2 Å². The summed E-state index contributed by atoms with van der Waals surface area (Å²) >= 11 is 1.50. The van der Waals surface area contributed by atoms with Gasteiger partial charge in [-0.1, -0.05) is 31.1 Å². The van der Waals surface area contributed by atoms with Crippen LogP contribution in [0.2, 0.25) is 0 Å². The van der Waals surface area contributed by atoms with E-state index < -0.39 is 23.9 Å². The van der Waals surface area contributed by atoms with Crippen molar-refractivity contribution in [1.82, 2.24) is 4.90 Å². The maximum atomic E-state index is 13.5. The van der Waals surface area contributed by atoms with Crippen LogP contribution in [0.25, 0.3) is 6.08 Å². The zero-order valence-corrected chi connectivity index (χ0v) is 24.7. The summed E-state index contributed by atoms with van der Waals surface area (Å²) in [5, 5.41) is 34.1. The predicted octanol–water partition coefficient (Wildman–Crippen LogP) is 5.15. The fraction of sp³-hybridized carbons (Fsp3) is 0.500. The van der Waals surface area contributed by atoms with Crippen molar-refractivity contribution < 1.29 is 29.6 Å². The molecule has 2 heterocycles. The fourth-order valence-corrected chi connectivity index (χ4v) is 7.11. The number of hydrogen-bond acceptors (Lipinski definition) is 7. The lowest BCUT2D eigenvalue weighted by atomic mass is 9.68. The van der Waals surface area contributed by atoms with Gasteiger partial charge in [-0.2, -0.15) is 0 Å². The number of aromatic hydroxyl groups is 1. The van der Waals surface area contributed by atoms with Gasteiger partial charge in [-0.15, -0.1) is 11.3 Å². The zero-order chi connectivity index (χ0) is 29.0. The normalized spacial score (nSPS) is 22.3. The number of benzene rings is 1. The first-order valence-corrected chi connectivity index (χ1v) is 14.9. The molecule has 4 atom stereocenters. The van der Waals surface area contributed by atoms with E-state index in [0.717, 1.165) is 40.0 Å². The minimum absolute atomic E-state index is 0.211. The molecule has 2 aromatic rings. The SMILES string of the molecule is CCC/C(=C\c1cc(C)c(O)c(C)c1)CC[C@@H](O)C1=C(COC)C[C@H]2C(=O)N(Cc3cccs3)C(=O)[C@H]2[C@H]1CO. The summed E-state index contributed by atoms with van der Waals surface area (Å²) in [6, 6.07) is 7.72. The highest BCUT2D eigenvalue weighted by Crippen LogP contribution is 2.46. The Balaban J connectivity index is 1.58. The number of aliphatic hydroxyl groups is 2. The molecule has 1 fully saturated rings. The molecule has 1 aromatic carbocycles. The number of allylic oxidation sites excluding steroid dienone is 1. The summed E-state index contributed by atoms with van der Waals surface area (Å²) in [6.45, 7) is 6.03. The van der Waals surface area contributed by atoms with Crippen LogP contribution < -0.4 is 0 Å². The number of nitrogens with zero attached hydrogens (tertiary/aromatic N) is 1. The second-order valence-corrected chi connectivity index (χ2v) is 12.1. The molecule has 0 radical (unpaired) electrons. The molecule has 4 rings (SSSR count). The van der Waals surface area contributed by atoms with Gasteiger partial charge in [-0.05, 0) is 90.9 Å². The molecule has 1 aromatic heterocycles. The van der Waals surface area contributed by atoms with Crippen molar-refractivity contribution in [2.75, 3.05) is 20.3 Å². The molecule has 40 heavy (non-hydrogen) atoms. The summed E-state index contributed by atoms with van der Waals surface area (Å²) in [5.74, 6) is -2.05. The number of fused-ring (bicyclic) bond motifs is 1. The quantitative estimate of drug-likeness (QED) is 0.242. The highest BCUT2D eigenvalue weighted by Gasteiger charge is 2.54. The number of amides is 2. The van der Waals surface area contributed by atoms with Gasteiger partial charge in [0.2, 0.25) is 11.8 Å². The Labute approximate surface area is 240 Å². The minimum atomic E-state index is -0.874. The van der Waals surface area contributed by atoms with Crippen LogP contribution in [0.4, 0.5) is 0 Å². The van der Waals surface area contributed by atoms with Gasteiger partial charge in [0.15, 0.2) is 0 Å². The van der Waals surface area contributed by atoms with Crippen molar-refractivity contribution in [3.63, 3.8) is 0 Å². The number of rotatable bonds is 12. The molecule has 8 heteroatoms. The van der Waals surface area contributed by atoms with Crippen LogP contribution in [0.3, 0.4) is 0 Å². The number of likely N-dealkylation sites (tertiary alicyclic amines) is 1. The average Bonchev–Trinajstić information content (AvgIpc) is 3.52. The molecule has 0 saturated carbocycles. The summed E-state index contributed by atoms with van der Waals surface area (Å²) in [5.41, 5.74) is 5.30. The number of aliphatic hydroxyl groups excluding tert-OH is 2. The van der Waals surface area contributed by atoms with Crippen LogP contribution in [-0.4, -0.2) is 58.5 Å². The second kappa shape index (κ2) is 13.3. The first-order valence-electron chi connectivity index (χ1n) is 14.1. The number of aryl methyl sites for hydroxylation is 2. The molecule has 216 valence electrons. The smallest absolute Gasteiger partial charge is 0.234 e. The lowest BCUT2D eigenvalue weighted by Crippen LogP contribution is -2.39. The molecular weight excluding hydrogens is 526 g/mol. The number of imide groups is 1. The molecule has 2 aliphatic rings. The van der Waals surface area contributed by atoms with Gasteiger partial charge in [-0.25, -0.2) is 0 Å². The molecule has 0 bridgehead atoms. The third-order valence-electron chi connectivity index (χ3n) is 8.24. The number of ether oxygens (including phenoxy) is 1. The number of thiophene rings is 1. The molecule has 0 spiro atoms. The third-order valence-corrected chi connectivity index (χ3v) is 9.10. The van der Waals surface area contributed by atoms with E-state index in [2.05, 4.69) is 13.0 Å². The lowest BCUT2D eigenvalue weighted by molar-refractivity contribution is -0.140. The van der Waals surface area contributed by atoms with Crippen molar-refractivity contribution in [3.8, 4) is 5.75 Å². The van der Waals surface area contributed by atoms with Crippen LogP contribution in [0.5, 0.6) is 5.75 Å². The van der Waals surface area contributed by atoms with E-state index in [-0.39, 0.29) is 31.6 Å². The van der Waals surface area contributed by atoms with E-state index in [1.54, 1.807) is 7.11 Å². The number of carbonyl (C=O) groups is 2. The number of hydrogen-bond donors (Lipinski definition) is 3. The molecule has 7 nitrogen and oxygen atoms in total. The Hall–Kier alpha value is -2.78. The van der Waals surface area contributed by atoms with E-state index in [9.17, 15) is 24.9 Å². The summed E-state index contributed by atoms with van der Waals surface area (Å²) in [7, 11) is 1.57. The number of methoxy groups -OCH3 is 1. The highest BCUT2D eigenvalue weighted by molar-refractivity contribution is 7.09. The van der Waals surface area contributed by atoms with E-state index in [0.29, 0.717) is 30.6 Å². The van der Waals surface area contributed by atoms with E-state index in [1.165, 1.54) is 21.8 Å². The van der Waals surface area contributed by atoms with Gasteiger partial charge in [0, 0.05) is 17.9 Å². The topological polar surface area (TPSA) is 107 Å². The largest absolute Gasteiger partial charge is 0.507 e. The van der Waals surface area contributed by atoms with Gasteiger partial charge < -0.3 is 20.1 Å². The van der Waals surface area contributed by atoms with Gasteiger partial charge in [0.1, 0.15) is 5.75 Å². The molecule has 3 N–H and O–H groups in total. The number of carbonyl (C=O) groups excluding carboxylic acids is 2. The van der Waals surface area contributed by atoms with E-state index >= 15 is 0 Å². The first-order chi connectivity index (χ1) is 19.2. The molecular formula is C32H41NO6S. The molecule has 2 amide bonds. The zero-order valence-electron chi connectivity index (χ0n) is 23.9. The van der Waals surface area contributed by atoms with Gasteiger partial charge in [-0.3, -0.25) is 14.5 Å². The van der Waals surface area contributed by atoms with Gasteiger partial charge in [0.25, 0.3) is 0 Å². The van der Waals surface area contributed by atoms with Crippen molar-refractivity contribution in [2.45, 2.75) is 65.5 Å². The third kappa shape index (κ3) is 6.25. The van der Waals surface area contributed by atoms with Crippen molar-refractivity contribution in [3.05, 3.63) is 67.9 Å². The van der Waals surface area contributed by atoms with Crippen molar-refractivity contribution in [1.29, 1.82) is 0 Å². The average molecular weight is 568 g/mol. The maximum absolute atomic E-state index is 13.5. The Bertz CT molecular complexity index is 1260. The fourth-order valence-electron chi connectivity index (χ4n) is 6.42. The summed E-state index contributed by atoms with van der Waals surface area (Å²) in [4.78, 5) is 29.2. The van der Waals surface area contributed by atoms with Crippen molar-refractivity contribution in [2.24, 2.45) is 17.8 Å².